The molecule has 102 valence electrons. The molecule has 0 bridgehead atoms. The largest absolute Gasteiger partial charge is 0.455 e. The first kappa shape index (κ1) is 14.6. The summed E-state index contributed by atoms with van der Waals surface area (Å²) in [5.74, 6) is -4.82. The van der Waals surface area contributed by atoms with Crippen molar-refractivity contribution in [3.05, 3.63) is 0 Å². The maximum absolute atomic E-state index is 12.6. The van der Waals surface area contributed by atoms with Crippen molar-refractivity contribution in [2.24, 2.45) is 11.1 Å². The standard InChI is InChI=1S/C10H16F5NO/c1-8(2)4-3-6(7(8)16)17-5-9(11,12)10(13,14)15/h6-7H,3-5,16H2,1-2H3. The molecule has 0 aromatic carbocycles. The molecule has 17 heavy (non-hydrogen) atoms. The Bertz CT molecular complexity index is 276. The van der Waals surface area contributed by atoms with Crippen LogP contribution in [0.25, 0.3) is 0 Å². The van der Waals surface area contributed by atoms with Gasteiger partial charge in [0.25, 0.3) is 0 Å². The highest BCUT2D eigenvalue weighted by atomic mass is 19.4. The van der Waals surface area contributed by atoms with Crippen LogP contribution < -0.4 is 5.73 Å². The van der Waals surface area contributed by atoms with Crippen LogP contribution in [-0.2, 0) is 4.74 Å². The molecule has 1 rings (SSSR count). The lowest BCUT2D eigenvalue weighted by Gasteiger charge is -2.28. The maximum Gasteiger partial charge on any atom is 0.455 e. The first-order valence-electron chi connectivity index (χ1n) is 5.29. The molecule has 2 nitrogen and oxygen atoms in total. The summed E-state index contributed by atoms with van der Waals surface area (Å²) in [6.07, 6.45) is -5.26. The fraction of sp³-hybridized carbons (Fsp3) is 1.00. The van der Waals surface area contributed by atoms with Crippen molar-refractivity contribution < 1.29 is 26.7 Å². The van der Waals surface area contributed by atoms with E-state index in [1.54, 1.807) is 0 Å². The summed E-state index contributed by atoms with van der Waals surface area (Å²) in [5.41, 5.74) is 5.45. The van der Waals surface area contributed by atoms with Crippen LogP contribution in [0, 0.1) is 5.41 Å². The number of hydrogen-bond donors (Lipinski definition) is 1. The van der Waals surface area contributed by atoms with E-state index in [-0.39, 0.29) is 5.41 Å². The molecular weight excluding hydrogens is 245 g/mol. The van der Waals surface area contributed by atoms with Crippen molar-refractivity contribution in [3.8, 4) is 0 Å². The van der Waals surface area contributed by atoms with E-state index < -0.39 is 30.9 Å². The average Bonchev–Trinajstić information content (AvgIpc) is 2.38. The Hall–Kier alpha value is -0.430. The number of nitrogens with two attached hydrogens (primary N) is 1. The maximum atomic E-state index is 12.6. The molecule has 7 heteroatoms. The summed E-state index contributed by atoms with van der Waals surface area (Å²) in [6, 6.07) is -0.522. The summed E-state index contributed by atoms with van der Waals surface area (Å²) in [6.45, 7) is 2.01. The van der Waals surface area contributed by atoms with Gasteiger partial charge in [-0.05, 0) is 18.3 Å². The van der Waals surface area contributed by atoms with Gasteiger partial charge < -0.3 is 10.5 Å². The fourth-order valence-corrected chi connectivity index (χ4v) is 1.84. The van der Waals surface area contributed by atoms with Gasteiger partial charge in [-0.2, -0.15) is 22.0 Å². The highest BCUT2D eigenvalue weighted by molar-refractivity contribution is 4.95. The van der Waals surface area contributed by atoms with Crippen LogP contribution in [0.5, 0.6) is 0 Å². The number of halogens is 5. The molecule has 2 N–H and O–H groups in total. The van der Waals surface area contributed by atoms with Gasteiger partial charge in [0.05, 0.1) is 6.10 Å². The lowest BCUT2D eigenvalue weighted by atomic mass is 9.88. The Morgan fingerprint density at radius 2 is 1.76 bits per heavy atom. The second-order valence-electron chi connectivity index (χ2n) is 5.10. The van der Waals surface area contributed by atoms with Gasteiger partial charge in [-0.25, -0.2) is 0 Å². The molecule has 1 saturated carbocycles. The van der Waals surface area contributed by atoms with Crippen LogP contribution in [0.1, 0.15) is 26.7 Å². The zero-order chi connectivity index (χ0) is 13.5. The second kappa shape index (κ2) is 4.35. The number of alkyl halides is 5. The van der Waals surface area contributed by atoms with Crippen LogP contribution in [-0.4, -0.2) is 30.9 Å². The Morgan fingerprint density at radius 3 is 2.12 bits per heavy atom. The van der Waals surface area contributed by atoms with E-state index in [4.69, 9.17) is 5.73 Å². The predicted molar refractivity (Wildman–Crippen MR) is 51.7 cm³/mol. The molecule has 0 radical (unpaired) electrons. The van der Waals surface area contributed by atoms with Crippen LogP contribution in [0.15, 0.2) is 0 Å². The molecular formula is C10H16F5NO. The molecule has 0 heterocycles. The van der Waals surface area contributed by atoms with Gasteiger partial charge in [-0.1, -0.05) is 13.8 Å². The van der Waals surface area contributed by atoms with Crippen molar-refractivity contribution in [3.63, 3.8) is 0 Å². The van der Waals surface area contributed by atoms with Gasteiger partial charge in [0.2, 0.25) is 0 Å². The summed E-state index contributed by atoms with van der Waals surface area (Å²) in [4.78, 5) is 0. The molecule has 0 aliphatic heterocycles. The highest BCUT2D eigenvalue weighted by Crippen LogP contribution is 2.40. The Kier molecular flexibility index (Phi) is 3.74. The van der Waals surface area contributed by atoms with Gasteiger partial charge in [-0.15, -0.1) is 0 Å². The topological polar surface area (TPSA) is 35.2 Å². The molecule has 0 aromatic rings. The van der Waals surface area contributed by atoms with E-state index in [0.29, 0.717) is 12.8 Å². The monoisotopic (exact) mass is 261 g/mol. The van der Waals surface area contributed by atoms with Crippen molar-refractivity contribution in [1.82, 2.24) is 0 Å². The lowest BCUT2D eigenvalue weighted by molar-refractivity contribution is -0.300. The molecule has 1 aliphatic carbocycles. The zero-order valence-corrected chi connectivity index (χ0v) is 9.65. The first-order valence-corrected chi connectivity index (χ1v) is 5.29. The van der Waals surface area contributed by atoms with Crippen molar-refractivity contribution in [2.45, 2.75) is 50.9 Å². The van der Waals surface area contributed by atoms with E-state index in [1.807, 2.05) is 13.8 Å². The molecule has 1 aliphatic rings. The minimum absolute atomic E-state index is 0.293. The van der Waals surface area contributed by atoms with E-state index in [1.165, 1.54) is 0 Å². The number of hydrogen-bond acceptors (Lipinski definition) is 2. The number of rotatable bonds is 3. The van der Waals surface area contributed by atoms with Gasteiger partial charge in [0.15, 0.2) is 0 Å². The summed E-state index contributed by atoms with van der Waals surface area (Å²) < 4.78 is 65.6. The Labute approximate surface area is 96.3 Å². The van der Waals surface area contributed by atoms with E-state index in [9.17, 15) is 22.0 Å². The minimum atomic E-state index is -5.58. The summed E-state index contributed by atoms with van der Waals surface area (Å²) in [7, 11) is 0. The molecule has 0 aromatic heterocycles. The second-order valence-corrected chi connectivity index (χ2v) is 5.10. The fourth-order valence-electron chi connectivity index (χ4n) is 1.84. The van der Waals surface area contributed by atoms with Gasteiger partial charge in [0, 0.05) is 6.04 Å². The van der Waals surface area contributed by atoms with Crippen molar-refractivity contribution in [1.29, 1.82) is 0 Å². The molecule has 2 unspecified atom stereocenters. The number of ether oxygens (including phenoxy) is 1. The van der Waals surface area contributed by atoms with E-state index >= 15 is 0 Å². The van der Waals surface area contributed by atoms with E-state index in [2.05, 4.69) is 4.74 Å². The molecule has 0 spiro atoms. The predicted octanol–water partition coefficient (Wildman–Crippen LogP) is 2.72. The SMILES string of the molecule is CC1(C)CCC(OCC(F)(F)C(F)(F)F)C1N. The minimum Gasteiger partial charge on any atom is -0.370 e. The lowest BCUT2D eigenvalue weighted by Crippen LogP contribution is -2.46. The summed E-state index contributed by atoms with van der Waals surface area (Å²) >= 11 is 0. The normalized spacial score (nSPS) is 29.6. The average molecular weight is 261 g/mol. The van der Waals surface area contributed by atoms with Crippen LogP contribution in [0.2, 0.25) is 0 Å². The van der Waals surface area contributed by atoms with Gasteiger partial charge in [-0.3, -0.25) is 0 Å². The molecule has 2 atom stereocenters. The first-order chi connectivity index (χ1) is 7.47. The van der Waals surface area contributed by atoms with Crippen molar-refractivity contribution >= 4 is 0 Å². The molecule has 0 amide bonds. The smallest absolute Gasteiger partial charge is 0.370 e. The van der Waals surface area contributed by atoms with Crippen molar-refractivity contribution in [2.75, 3.05) is 6.61 Å². The molecule has 1 fully saturated rings. The zero-order valence-electron chi connectivity index (χ0n) is 9.65. The van der Waals surface area contributed by atoms with E-state index in [0.717, 1.165) is 0 Å². The van der Waals surface area contributed by atoms with Crippen LogP contribution >= 0.6 is 0 Å². The third-order valence-electron chi connectivity index (χ3n) is 3.27. The Balaban J connectivity index is 2.53. The van der Waals surface area contributed by atoms with Crippen LogP contribution in [0.4, 0.5) is 22.0 Å². The van der Waals surface area contributed by atoms with Gasteiger partial charge in [0.1, 0.15) is 6.61 Å². The third kappa shape index (κ3) is 3.07. The Morgan fingerprint density at radius 1 is 1.24 bits per heavy atom. The van der Waals surface area contributed by atoms with Gasteiger partial charge >= 0.3 is 12.1 Å². The summed E-state index contributed by atoms with van der Waals surface area (Å²) in [5, 5.41) is 0. The third-order valence-corrected chi connectivity index (χ3v) is 3.27. The quantitative estimate of drug-likeness (QED) is 0.793. The molecule has 0 saturated heterocycles. The van der Waals surface area contributed by atoms with Crippen LogP contribution in [0.3, 0.4) is 0 Å². The highest BCUT2D eigenvalue weighted by Gasteiger charge is 2.58.